The fraction of sp³-hybridized carbons (Fsp3) is 0.381. The number of hydrogen-bond donors (Lipinski definition) is 1. The number of anilines is 1. The fourth-order valence-corrected chi connectivity index (χ4v) is 4.29. The van der Waals surface area contributed by atoms with Crippen molar-refractivity contribution in [2.45, 2.75) is 25.3 Å². The van der Waals surface area contributed by atoms with Crippen LogP contribution in [-0.2, 0) is 11.2 Å². The van der Waals surface area contributed by atoms with E-state index in [0.717, 1.165) is 23.7 Å². The zero-order chi connectivity index (χ0) is 18.8. The maximum Gasteiger partial charge on any atom is 0.238 e. The third-order valence-electron chi connectivity index (χ3n) is 5.17. The minimum Gasteiger partial charge on any atom is -0.486 e. The van der Waals surface area contributed by atoms with Gasteiger partial charge in [0.1, 0.15) is 13.2 Å². The average molecular weight is 431 g/mol. The summed E-state index contributed by atoms with van der Waals surface area (Å²) in [5.74, 6) is 1.31. The molecule has 0 spiro atoms. The Bertz CT molecular complexity index is 855. The third-order valence-corrected chi connectivity index (χ3v) is 5.82. The molecule has 2 aromatic rings. The highest BCUT2D eigenvalue weighted by Crippen LogP contribution is 2.38. The van der Waals surface area contributed by atoms with E-state index in [1.165, 1.54) is 11.1 Å². The molecule has 4 rings (SSSR count). The van der Waals surface area contributed by atoms with Crippen molar-refractivity contribution in [3.05, 3.63) is 52.0 Å². The summed E-state index contributed by atoms with van der Waals surface area (Å²) in [5, 5.41) is 2.99. The molecular weight excluding hydrogens is 408 g/mol. The Balaban J connectivity index is 1.44. The van der Waals surface area contributed by atoms with Crippen molar-refractivity contribution in [1.82, 2.24) is 4.90 Å². The number of amides is 1. The summed E-state index contributed by atoms with van der Waals surface area (Å²) in [6.45, 7) is 1.39. The molecule has 2 aliphatic rings. The van der Waals surface area contributed by atoms with Crippen LogP contribution in [0.15, 0.2) is 40.9 Å². The predicted molar refractivity (Wildman–Crippen MR) is 109 cm³/mol. The molecule has 1 N–H and O–H groups in total. The van der Waals surface area contributed by atoms with Crippen LogP contribution in [0.3, 0.4) is 0 Å². The van der Waals surface area contributed by atoms with Crippen molar-refractivity contribution in [1.29, 1.82) is 0 Å². The largest absolute Gasteiger partial charge is 0.486 e. The molecule has 0 unspecified atom stereocenters. The molecule has 0 aromatic heterocycles. The Hall–Kier alpha value is -2.05. The maximum atomic E-state index is 12.7. The lowest BCUT2D eigenvalue weighted by Crippen LogP contribution is -2.35. The van der Waals surface area contributed by atoms with Crippen molar-refractivity contribution in [3.63, 3.8) is 0 Å². The molecule has 142 valence electrons. The molecule has 6 heteroatoms. The first-order valence-electron chi connectivity index (χ1n) is 9.29. The number of aryl methyl sites for hydroxylation is 1. The maximum absolute atomic E-state index is 12.7. The van der Waals surface area contributed by atoms with Crippen molar-refractivity contribution in [3.8, 4) is 11.5 Å². The summed E-state index contributed by atoms with van der Waals surface area (Å²) in [4.78, 5) is 14.8. The summed E-state index contributed by atoms with van der Waals surface area (Å²) in [6.07, 6.45) is 3.35. The van der Waals surface area contributed by atoms with Gasteiger partial charge in [0, 0.05) is 22.6 Å². The van der Waals surface area contributed by atoms with E-state index in [1.54, 1.807) is 0 Å². The molecule has 0 saturated carbocycles. The molecule has 1 heterocycles. The van der Waals surface area contributed by atoms with E-state index in [9.17, 15) is 4.79 Å². The van der Waals surface area contributed by atoms with Gasteiger partial charge in [0.05, 0.1) is 12.2 Å². The fourth-order valence-electron chi connectivity index (χ4n) is 3.87. The molecule has 0 saturated heterocycles. The molecular formula is C21H23BrN2O3. The van der Waals surface area contributed by atoms with Crippen LogP contribution in [0.5, 0.6) is 11.5 Å². The number of likely N-dealkylation sites (N-methyl/N-ethyl adjacent to an activating group) is 1. The molecule has 0 fully saturated rings. The average Bonchev–Trinajstić information content (AvgIpc) is 2.68. The number of carbonyl (C=O) groups excluding carboxylic acids is 1. The molecule has 1 aliphatic carbocycles. The Morgan fingerprint density at radius 2 is 1.96 bits per heavy atom. The highest BCUT2D eigenvalue weighted by Gasteiger charge is 2.25. The van der Waals surface area contributed by atoms with E-state index in [4.69, 9.17) is 9.47 Å². The number of hydrogen-bond acceptors (Lipinski definition) is 4. The summed E-state index contributed by atoms with van der Waals surface area (Å²) >= 11 is 3.50. The van der Waals surface area contributed by atoms with Gasteiger partial charge in [-0.25, -0.2) is 0 Å². The zero-order valence-electron chi connectivity index (χ0n) is 15.3. The standard InChI is InChI=1S/C21H23BrN2O3/c1-24(18-8-4-6-14-5-2-3-7-15(14)18)13-21(25)23-17-12-20-19(11-16(17)22)26-9-10-27-20/h2-3,5,7,11-12,18H,4,6,8-10,13H2,1H3,(H,23,25)/t18-/m0/s1. The van der Waals surface area contributed by atoms with Crippen LogP contribution in [0.2, 0.25) is 0 Å². The Morgan fingerprint density at radius 1 is 1.22 bits per heavy atom. The van der Waals surface area contributed by atoms with Gasteiger partial charge >= 0.3 is 0 Å². The number of nitrogens with zero attached hydrogens (tertiary/aromatic N) is 1. The van der Waals surface area contributed by atoms with Crippen LogP contribution < -0.4 is 14.8 Å². The van der Waals surface area contributed by atoms with Crippen LogP contribution >= 0.6 is 15.9 Å². The van der Waals surface area contributed by atoms with Gasteiger partial charge in [0.2, 0.25) is 5.91 Å². The number of rotatable bonds is 4. The molecule has 1 atom stereocenters. The Labute approximate surface area is 167 Å². The van der Waals surface area contributed by atoms with Crippen LogP contribution in [0, 0.1) is 0 Å². The second-order valence-electron chi connectivity index (χ2n) is 7.05. The van der Waals surface area contributed by atoms with Crippen molar-refractivity contribution in [2.24, 2.45) is 0 Å². The smallest absolute Gasteiger partial charge is 0.238 e. The first-order valence-corrected chi connectivity index (χ1v) is 10.1. The number of fused-ring (bicyclic) bond motifs is 2. The summed E-state index contributed by atoms with van der Waals surface area (Å²) in [5.41, 5.74) is 3.44. The quantitative estimate of drug-likeness (QED) is 0.790. The molecule has 1 amide bonds. The van der Waals surface area contributed by atoms with Gasteiger partial charge in [-0.05, 0) is 53.4 Å². The zero-order valence-corrected chi connectivity index (χ0v) is 16.9. The van der Waals surface area contributed by atoms with Crippen molar-refractivity contribution in [2.75, 3.05) is 32.1 Å². The second-order valence-corrected chi connectivity index (χ2v) is 7.90. The number of ether oxygens (including phenoxy) is 2. The lowest BCUT2D eigenvalue weighted by molar-refractivity contribution is -0.117. The van der Waals surface area contributed by atoms with Gasteiger partial charge in [-0.1, -0.05) is 24.3 Å². The first kappa shape index (κ1) is 18.3. The van der Waals surface area contributed by atoms with Crippen LogP contribution in [0.1, 0.15) is 30.0 Å². The number of benzene rings is 2. The predicted octanol–water partition coefficient (Wildman–Crippen LogP) is 4.17. The Morgan fingerprint density at radius 3 is 2.78 bits per heavy atom. The van der Waals surface area contributed by atoms with E-state index in [-0.39, 0.29) is 11.9 Å². The van der Waals surface area contributed by atoms with E-state index >= 15 is 0 Å². The molecule has 0 radical (unpaired) electrons. The number of nitrogens with one attached hydrogen (secondary N) is 1. The highest BCUT2D eigenvalue weighted by molar-refractivity contribution is 9.10. The van der Waals surface area contributed by atoms with E-state index in [1.807, 2.05) is 19.2 Å². The molecule has 5 nitrogen and oxygen atoms in total. The van der Waals surface area contributed by atoms with Gasteiger partial charge in [-0.15, -0.1) is 0 Å². The van der Waals surface area contributed by atoms with Gasteiger partial charge in [-0.3, -0.25) is 9.69 Å². The van der Waals surface area contributed by atoms with E-state index in [2.05, 4.69) is 50.4 Å². The molecule has 1 aliphatic heterocycles. The summed E-state index contributed by atoms with van der Waals surface area (Å²) in [7, 11) is 2.02. The van der Waals surface area contributed by atoms with Gasteiger partial charge < -0.3 is 14.8 Å². The highest BCUT2D eigenvalue weighted by atomic mass is 79.9. The summed E-state index contributed by atoms with van der Waals surface area (Å²) < 4.78 is 12.0. The Kier molecular flexibility index (Phi) is 5.36. The van der Waals surface area contributed by atoms with Gasteiger partial charge in [0.15, 0.2) is 11.5 Å². The van der Waals surface area contributed by atoms with E-state index in [0.29, 0.717) is 36.9 Å². The topological polar surface area (TPSA) is 50.8 Å². The number of carbonyl (C=O) groups is 1. The van der Waals surface area contributed by atoms with Crippen molar-refractivity contribution >= 4 is 27.5 Å². The lowest BCUT2D eigenvalue weighted by Gasteiger charge is -2.33. The van der Waals surface area contributed by atoms with Crippen LogP contribution in [0.4, 0.5) is 5.69 Å². The number of halogens is 1. The van der Waals surface area contributed by atoms with Crippen LogP contribution in [-0.4, -0.2) is 37.6 Å². The van der Waals surface area contributed by atoms with Crippen LogP contribution in [0.25, 0.3) is 0 Å². The minimum atomic E-state index is -0.0436. The summed E-state index contributed by atoms with van der Waals surface area (Å²) in [6, 6.07) is 12.5. The molecule has 0 bridgehead atoms. The molecule has 2 aromatic carbocycles. The van der Waals surface area contributed by atoms with Crippen molar-refractivity contribution < 1.29 is 14.3 Å². The lowest BCUT2D eigenvalue weighted by atomic mass is 9.87. The monoisotopic (exact) mass is 430 g/mol. The minimum absolute atomic E-state index is 0.0436. The molecule has 27 heavy (non-hydrogen) atoms. The van der Waals surface area contributed by atoms with E-state index < -0.39 is 0 Å². The third kappa shape index (κ3) is 3.96. The first-order chi connectivity index (χ1) is 13.1. The second kappa shape index (κ2) is 7.90. The normalized spacial score (nSPS) is 18.1. The SMILES string of the molecule is CN(CC(=O)Nc1cc2c(cc1Br)OCCO2)[C@H]1CCCc2ccccc21. The van der Waals surface area contributed by atoms with Gasteiger partial charge in [-0.2, -0.15) is 0 Å². The van der Waals surface area contributed by atoms with Gasteiger partial charge in [0.25, 0.3) is 0 Å².